The topological polar surface area (TPSA) is 67.8 Å². The van der Waals surface area contributed by atoms with Crippen molar-refractivity contribution in [3.05, 3.63) is 23.8 Å². The van der Waals surface area contributed by atoms with Crippen LogP contribution in [0.15, 0.2) is 18.2 Å². The minimum atomic E-state index is -0.488. The number of nitrogens with one attached hydrogen (secondary N) is 1. The van der Waals surface area contributed by atoms with Crippen LogP contribution in [0, 0.1) is 6.92 Å². The summed E-state index contributed by atoms with van der Waals surface area (Å²) in [5.74, 6) is 1.10. The van der Waals surface area contributed by atoms with Gasteiger partial charge in [-0.2, -0.15) is 12.6 Å². The molecule has 0 aliphatic rings. The Bertz CT molecular complexity index is 351. The van der Waals surface area contributed by atoms with Crippen LogP contribution in [0.4, 0.5) is 0 Å². The van der Waals surface area contributed by atoms with Gasteiger partial charge in [0, 0.05) is 0 Å². The van der Waals surface area contributed by atoms with E-state index in [4.69, 9.17) is 14.7 Å². The number of carbonyl (C=O) groups is 1. The number of thiol groups is 1. The van der Waals surface area contributed by atoms with Crippen molar-refractivity contribution in [3.8, 4) is 11.5 Å². The van der Waals surface area contributed by atoms with Crippen molar-refractivity contribution in [2.24, 2.45) is 0 Å². The Morgan fingerprint density at radius 3 is 2.29 bits per heavy atom. The highest BCUT2D eigenvalue weighted by Crippen LogP contribution is 2.26. The molecule has 0 saturated carbocycles. The number of hydroxylamine groups is 1. The lowest BCUT2D eigenvalue weighted by Crippen LogP contribution is -2.19. The average Bonchev–Trinajstić information content (AvgIpc) is 2.38. The highest BCUT2D eigenvalue weighted by Gasteiger charge is 2.00. The zero-order valence-corrected chi connectivity index (χ0v) is 11.0. The van der Waals surface area contributed by atoms with Gasteiger partial charge in [0.1, 0.15) is 0 Å². The van der Waals surface area contributed by atoms with E-state index in [0.717, 1.165) is 11.5 Å². The fourth-order valence-electron chi connectivity index (χ4n) is 0.979. The maximum atomic E-state index is 9.74. The maximum Gasteiger partial charge on any atom is 0.253 e. The Morgan fingerprint density at radius 2 is 1.94 bits per heavy atom. The van der Waals surface area contributed by atoms with E-state index in [9.17, 15) is 4.79 Å². The van der Waals surface area contributed by atoms with E-state index in [1.807, 2.05) is 25.1 Å². The number of hydrogen-bond donors (Lipinski definition) is 3. The number of carbonyl (C=O) groups excluding carboxylic acids is 1. The van der Waals surface area contributed by atoms with Gasteiger partial charge in [-0.05, 0) is 24.6 Å². The van der Waals surface area contributed by atoms with Crippen LogP contribution in [-0.4, -0.2) is 31.1 Å². The fraction of sp³-hybridized carbons (Fsp3) is 0.364. The molecule has 5 nitrogen and oxygen atoms in total. The molecule has 0 aromatic heterocycles. The number of ether oxygens (including phenoxy) is 2. The molecule has 0 unspecified atom stereocenters. The van der Waals surface area contributed by atoms with Gasteiger partial charge >= 0.3 is 0 Å². The van der Waals surface area contributed by atoms with Crippen molar-refractivity contribution in [2.45, 2.75) is 6.92 Å². The van der Waals surface area contributed by atoms with Crippen LogP contribution in [0.3, 0.4) is 0 Å². The SMILES string of the molecule is COc1ccc(C)cc1OC.O=C(CS)NO. The number of rotatable bonds is 3. The van der Waals surface area contributed by atoms with Gasteiger partial charge in [-0.3, -0.25) is 10.0 Å². The van der Waals surface area contributed by atoms with Crippen LogP contribution in [0.25, 0.3) is 0 Å². The fourth-order valence-corrected chi connectivity index (χ4v) is 1.05. The predicted octanol–water partition coefficient (Wildman–Crippen LogP) is 1.43. The molecule has 1 amide bonds. The Hall–Kier alpha value is -1.40. The quantitative estimate of drug-likeness (QED) is 0.436. The smallest absolute Gasteiger partial charge is 0.253 e. The van der Waals surface area contributed by atoms with Crippen LogP contribution < -0.4 is 15.0 Å². The number of hydrogen-bond acceptors (Lipinski definition) is 5. The molecular formula is C11H17NO4S. The van der Waals surface area contributed by atoms with Crippen LogP contribution in [0.1, 0.15) is 5.56 Å². The van der Waals surface area contributed by atoms with E-state index < -0.39 is 5.91 Å². The molecule has 0 spiro atoms. The van der Waals surface area contributed by atoms with E-state index in [1.54, 1.807) is 14.2 Å². The predicted molar refractivity (Wildman–Crippen MR) is 68.1 cm³/mol. The van der Waals surface area contributed by atoms with E-state index in [0.29, 0.717) is 0 Å². The van der Waals surface area contributed by atoms with Crippen molar-refractivity contribution in [1.29, 1.82) is 0 Å². The molecule has 1 rings (SSSR count). The first-order valence-electron chi connectivity index (χ1n) is 4.81. The van der Waals surface area contributed by atoms with Crippen LogP contribution in [0.2, 0.25) is 0 Å². The van der Waals surface area contributed by atoms with Crippen LogP contribution in [0.5, 0.6) is 11.5 Å². The van der Waals surface area contributed by atoms with Gasteiger partial charge in [0.25, 0.3) is 5.91 Å². The molecule has 1 aromatic rings. The molecule has 17 heavy (non-hydrogen) atoms. The van der Waals surface area contributed by atoms with Crippen molar-refractivity contribution < 1.29 is 19.5 Å². The molecule has 0 aliphatic carbocycles. The lowest BCUT2D eigenvalue weighted by atomic mass is 10.2. The molecule has 1 aromatic carbocycles. The first kappa shape index (κ1) is 15.6. The van der Waals surface area contributed by atoms with Crippen molar-refractivity contribution in [1.82, 2.24) is 5.48 Å². The summed E-state index contributed by atoms with van der Waals surface area (Å²) in [6.07, 6.45) is 0. The highest BCUT2D eigenvalue weighted by molar-refractivity contribution is 7.81. The molecule has 0 heterocycles. The van der Waals surface area contributed by atoms with Gasteiger partial charge in [-0.25, -0.2) is 5.48 Å². The van der Waals surface area contributed by atoms with E-state index in [1.165, 1.54) is 11.0 Å². The average molecular weight is 259 g/mol. The van der Waals surface area contributed by atoms with E-state index in [-0.39, 0.29) is 5.75 Å². The second kappa shape index (κ2) is 8.72. The van der Waals surface area contributed by atoms with Gasteiger partial charge in [0.05, 0.1) is 20.0 Å². The Labute approximate surface area is 106 Å². The molecule has 0 radical (unpaired) electrons. The van der Waals surface area contributed by atoms with E-state index in [2.05, 4.69) is 12.6 Å². The molecule has 0 fully saturated rings. The number of benzene rings is 1. The van der Waals surface area contributed by atoms with Gasteiger partial charge in [0.2, 0.25) is 0 Å². The summed E-state index contributed by atoms with van der Waals surface area (Å²) in [6.45, 7) is 2.02. The molecule has 0 bridgehead atoms. The molecule has 6 heteroatoms. The molecular weight excluding hydrogens is 242 g/mol. The number of methoxy groups -OCH3 is 2. The second-order valence-corrected chi connectivity index (χ2v) is 3.37. The first-order chi connectivity index (χ1) is 8.08. The monoisotopic (exact) mass is 259 g/mol. The standard InChI is InChI=1S/C9H12O2.C2H5NO2S/c1-7-4-5-8(10-2)9(6-7)11-3;4-2(1-6)3-5/h4-6H,1-3H3;5-6H,1H2,(H,3,4). The Morgan fingerprint density at radius 1 is 1.35 bits per heavy atom. The summed E-state index contributed by atoms with van der Waals surface area (Å²) >= 11 is 3.52. The van der Waals surface area contributed by atoms with Crippen molar-refractivity contribution in [3.63, 3.8) is 0 Å². The van der Waals surface area contributed by atoms with Crippen molar-refractivity contribution in [2.75, 3.05) is 20.0 Å². The maximum absolute atomic E-state index is 9.74. The van der Waals surface area contributed by atoms with Crippen molar-refractivity contribution >= 4 is 18.5 Å². The lowest BCUT2D eigenvalue weighted by Gasteiger charge is -2.06. The van der Waals surface area contributed by atoms with Crippen LogP contribution in [-0.2, 0) is 4.79 Å². The third kappa shape index (κ3) is 6.03. The Kier molecular flexibility index (Phi) is 8.00. The summed E-state index contributed by atoms with van der Waals surface area (Å²) < 4.78 is 10.2. The highest BCUT2D eigenvalue weighted by atomic mass is 32.1. The van der Waals surface area contributed by atoms with Crippen LogP contribution >= 0.6 is 12.6 Å². The van der Waals surface area contributed by atoms with Gasteiger partial charge in [-0.1, -0.05) is 6.07 Å². The Balaban J connectivity index is 0.000000366. The second-order valence-electron chi connectivity index (χ2n) is 3.05. The van der Waals surface area contributed by atoms with Gasteiger partial charge in [0.15, 0.2) is 11.5 Å². The zero-order chi connectivity index (χ0) is 13.3. The largest absolute Gasteiger partial charge is 0.493 e. The summed E-state index contributed by atoms with van der Waals surface area (Å²) in [4.78, 5) is 9.74. The molecule has 0 aliphatic heterocycles. The third-order valence-electron chi connectivity index (χ3n) is 1.81. The molecule has 96 valence electrons. The molecule has 0 saturated heterocycles. The summed E-state index contributed by atoms with van der Waals surface area (Å²) in [5, 5.41) is 7.69. The summed E-state index contributed by atoms with van der Waals surface area (Å²) in [6, 6.07) is 5.83. The number of amides is 1. The zero-order valence-electron chi connectivity index (χ0n) is 10.1. The first-order valence-corrected chi connectivity index (χ1v) is 5.44. The third-order valence-corrected chi connectivity index (χ3v) is 2.09. The minimum absolute atomic E-state index is 0.0243. The summed E-state index contributed by atoms with van der Waals surface area (Å²) in [7, 11) is 3.27. The van der Waals surface area contributed by atoms with E-state index >= 15 is 0 Å². The molecule has 0 atom stereocenters. The summed E-state index contributed by atoms with van der Waals surface area (Å²) in [5.41, 5.74) is 2.57. The lowest BCUT2D eigenvalue weighted by molar-refractivity contribution is -0.126. The molecule has 2 N–H and O–H groups in total. The normalized spacial score (nSPS) is 8.76. The minimum Gasteiger partial charge on any atom is -0.493 e. The van der Waals surface area contributed by atoms with Gasteiger partial charge in [-0.15, -0.1) is 0 Å². The number of aryl methyl sites for hydroxylation is 1. The van der Waals surface area contributed by atoms with Gasteiger partial charge < -0.3 is 9.47 Å².